The van der Waals surface area contributed by atoms with E-state index in [2.05, 4.69) is 6.58 Å². The molecule has 0 aromatic heterocycles. The lowest BCUT2D eigenvalue weighted by molar-refractivity contribution is -0.198. The zero-order valence-electron chi connectivity index (χ0n) is 24.5. The van der Waals surface area contributed by atoms with Crippen LogP contribution in [-0.2, 0) is 32.0 Å². The number of carbonyl (C=O) groups excluding carboxylic acids is 3. The third-order valence-corrected chi connectivity index (χ3v) is 7.97. The van der Waals surface area contributed by atoms with Crippen molar-refractivity contribution in [2.45, 2.75) is 84.0 Å². The van der Waals surface area contributed by atoms with Gasteiger partial charge in [-0.3, -0.25) is 9.59 Å². The molecule has 2 unspecified atom stereocenters. The monoisotopic (exact) mass is 576 g/mol. The number of anilines is 1. The third kappa shape index (κ3) is 6.68. The summed E-state index contributed by atoms with van der Waals surface area (Å²) in [5, 5.41) is 0. The van der Waals surface area contributed by atoms with E-state index in [9.17, 15) is 14.4 Å². The fourth-order valence-electron chi connectivity index (χ4n) is 5.98. The van der Waals surface area contributed by atoms with Crippen molar-refractivity contribution >= 4 is 23.5 Å². The standard InChI is InChI=1S/C33H40N2O7/c1-4-15-40-33(38)35-28-20-29(41-21-25-11-9-10-24(19-25)18-23(3)36)22(2)17-26(28)31(37)34-14-7-5-12-27(34)32(35)42-30-13-6-8-16-39-30/h4,9-11,17,19-20,27,30,32H,1,5-8,12-16,18,21H2,2-3H3/t27-,30?,32?/m0/s1. The minimum Gasteiger partial charge on any atom is -0.489 e. The molecule has 0 spiro atoms. The van der Waals surface area contributed by atoms with Crippen molar-refractivity contribution in [3.8, 4) is 5.75 Å². The van der Waals surface area contributed by atoms with E-state index in [4.69, 9.17) is 18.9 Å². The molecule has 42 heavy (non-hydrogen) atoms. The van der Waals surface area contributed by atoms with E-state index in [-0.39, 0.29) is 30.9 Å². The molecule has 2 aromatic carbocycles. The van der Waals surface area contributed by atoms with Gasteiger partial charge in [-0.2, -0.15) is 0 Å². The van der Waals surface area contributed by atoms with E-state index in [0.29, 0.717) is 49.4 Å². The number of amides is 2. The Kier molecular flexibility index (Phi) is 9.59. The van der Waals surface area contributed by atoms with Crippen LogP contribution in [-0.4, -0.2) is 61.0 Å². The van der Waals surface area contributed by atoms with Gasteiger partial charge in [0.2, 0.25) is 0 Å². The molecule has 2 saturated heterocycles. The SMILES string of the molecule is C=CCOC(=O)N1c2cc(OCc3cccc(CC(C)=O)c3)c(C)cc2C(=O)N2CCCC[C@H]2C1OC1CCCCO1. The average molecular weight is 577 g/mol. The van der Waals surface area contributed by atoms with Gasteiger partial charge in [0, 0.05) is 25.6 Å². The Morgan fingerprint density at radius 3 is 2.67 bits per heavy atom. The van der Waals surface area contributed by atoms with Gasteiger partial charge in [-0.05, 0) is 75.1 Å². The van der Waals surface area contributed by atoms with Crippen LogP contribution in [0.15, 0.2) is 49.1 Å². The Morgan fingerprint density at radius 2 is 1.90 bits per heavy atom. The van der Waals surface area contributed by atoms with Crippen LogP contribution in [0.3, 0.4) is 0 Å². The van der Waals surface area contributed by atoms with Crippen LogP contribution in [0.4, 0.5) is 10.5 Å². The van der Waals surface area contributed by atoms with Crippen LogP contribution < -0.4 is 9.64 Å². The number of Topliss-reactive ketones (excluding diaryl/α,β-unsaturated/α-hetero) is 1. The Morgan fingerprint density at radius 1 is 1.10 bits per heavy atom. The molecule has 2 amide bonds. The second kappa shape index (κ2) is 13.5. The third-order valence-electron chi connectivity index (χ3n) is 7.97. The molecule has 3 aliphatic heterocycles. The quantitative estimate of drug-likeness (QED) is 0.353. The van der Waals surface area contributed by atoms with E-state index < -0.39 is 18.6 Å². The number of ether oxygens (including phenoxy) is 4. The number of aryl methyl sites for hydroxylation is 1. The highest BCUT2D eigenvalue weighted by Crippen LogP contribution is 2.40. The number of benzene rings is 2. The maximum Gasteiger partial charge on any atom is 0.416 e. The molecule has 2 fully saturated rings. The summed E-state index contributed by atoms with van der Waals surface area (Å²) < 4.78 is 24.3. The van der Waals surface area contributed by atoms with Gasteiger partial charge in [0.1, 0.15) is 24.7 Å². The Labute approximate surface area is 247 Å². The number of hydrogen-bond donors (Lipinski definition) is 0. The molecule has 0 N–H and O–H groups in total. The normalized spacial score (nSPS) is 22.0. The number of rotatable bonds is 9. The first-order valence-electron chi connectivity index (χ1n) is 14.9. The zero-order chi connectivity index (χ0) is 29.6. The number of carbonyl (C=O) groups is 3. The van der Waals surface area contributed by atoms with Gasteiger partial charge in [0.15, 0.2) is 12.5 Å². The minimum absolute atomic E-state index is 0.0193. The molecule has 9 heteroatoms. The fourth-order valence-corrected chi connectivity index (χ4v) is 5.98. The average Bonchev–Trinajstić information content (AvgIpc) is 3.08. The van der Waals surface area contributed by atoms with Crippen LogP contribution in [0.1, 0.15) is 72.5 Å². The van der Waals surface area contributed by atoms with Crippen molar-refractivity contribution in [2.24, 2.45) is 0 Å². The lowest BCUT2D eigenvalue weighted by Crippen LogP contribution is -2.57. The summed E-state index contributed by atoms with van der Waals surface area (Å²) in [5.41, 5.74) is 3.39. The van der Waals surface area contributed by atoms with Gasteiger partial charge in [-0.25, -0.2) is 9.69 Å². The lowest BCUT2D eigenvalue weighted by atomic mass is 10.00. The largest absolute Gasteiger partial charge is 0.489 e. The molecule has 3 aliphatic rings. The topological polar surface area (TPSA) is 94.6 Å². The van der Waals surface area contributed by atoms with Crippen molar-refractivity contribution in [3.63, 3.8) is 0 Å². The highest BCUT2D eigenvalue weighted by atomic mass is 16.7. The summed E-state index contributed by atoms with van der Waals surface area (Å²) in [6, 6.07) is 10.9. The highest BCUT2D eigenvalue weighted by Gasteiger charge is 2.46. The van der Waals surface area contributed by atoms with Gasteiger partial charge in [-0.1, -0.05) is 36.9 Å². The maximum atomic E-state index is 14.0. The van der Waals surface area contributed by atoms with Crippen LogP contribution in [0.25, 0.3) is 0 Å². The van der Waals surface area contributed by atoms with Gasteiger partial charge in [0.25, 0.3) is 5.91 Å². The number of hydrogen-bond acceptors (Lipinski definition) is 7. The first kappa shape index (κ1) is 29.8. The summed E-state index contributed by atoms with van der Waals surface area (Å²) in [4.78, 5) is 42.7. The van der Waals surface area contributed by atoms with Crippen molar-refractivity contribution in [3.05, 3.63) is 71.3 Å². The minimum atomic E-state index is -0.797. The van der Waals surface area contributed by atoms with Gasteiger partial charge >= 0.3 is 6.09 Å². The van der Waals surface area contributed by atoms with E-state index in [1.54, 1.807) is 19.1 Å². The first-order valence-corrected chi connectivity index (χ1v) is 14.9. The van der Waals surface area contributed by atoms with Crippen molar-refractivity contribution in [1.29, 1.82) is 0 Å². The molecule has 5 rings (SSSR count). The Bertz CT molecular complexity index is 1320. The maximum absolute atomic E-state index is 14.0. The molecule has 0 aliphatic carbocycles. The fraction of sp³-hybridized carbons (Fsp3) is 0.485. The molecular formula is C33H40N2O7. The van der Waals surface area contributed by atoms with Gasteiger partial charge in [0.05, 0.1) is 17.3 Å². The summed E-state index contributed by atoms with van der Waals surface area (Å²) in [6.07, 6.45) is 5.11. The van der Waals surface area contributed by atoms with Crippen LogP contribution in [0, 0.1) is 6.92 Å². The van der Waals surface area contributed by atoms with Crippen molar-refractivity contribution < 1.29 is 33.3 Å². The molecule has 0 bridgehead atoms. The molecular weight excluding hydrogens is 536 g/mol. The lowest BCUT2D eigenvalue weighted by Gasteiger charge is -2.42. The highest BCUT2D eigenvalue weighted by molar-refractivity contribution is 6.05. The molecule has 224 valence electrons. The molecule has 3 heterocycles. The molecule has 0 saturated carbocycles. The number of piperidine rings is 1. The molecule has 0 radical (unpaired) electrons. The molecule has 9 nitrogen and oxygen atoms in total. The second-order valence-electron chi connectivity index (χ2n) is 11.2. The van der Waals surface area contributed by atoms with Gasteiger partial charge in [-0.15, -0.1) is 0 Å². The van der Waals surface area contributed by atoms with E-state index >= 15 is 0 Å². The second-order valence-corrected chi connectivity index (χ2v) is 11.2. The van der Waals surface area contributed by atoms with E-state index in [1.807, 2.05) is 36.1 Å². The van der Waals surface area contributed by atoms with Gasteiger partial charge < -0.3 is 23.8 Å². The summed E-state index contributed by atoms with van der Waals surface area (Å²) in [6.45, 7) is 8.58. The van der Waals surface area contributed by atoms with Crippen LogP contribution >= 0.6 is 0 Å². The summed E-state index contributed by atoms with van der Waals surface area (Å²) in [5.74, 6) is 0.487. The van der Waals surface area contributed by atoms with Crippen LogP contribution in [0.5, 0.6) is 5.75 Å². The van der Waals surface area contributed by atoms with E-state index in [0.717, 1.165) is 42.4 Å². The van der Waals surface area contributed by atoms with Crippen LogP contribution in [0.2, 0.25) is 0 Å². The number of nitrogens with zero attached hydrogens (tertiary/aromatic N) is 2. The number of fused-ring (bicyclic) bond motifs is 2. The van der Waals surface area contributed by atoms with E-state index in [1.165, 1.54) is 11.0 Å². The number of ketones is 1. The predicted octanol–water partition coefficient (Wildman–Crippen LogP) is 5.71. The first-order chi connectivity index (χ1) is 20.4. The van der Waals surface area contributed by atoms with Crippen molar-refractivity contribution in [1.82, 2.24) is 4.90 Å². The summed E-state index contributed by atoms with van der Waals surface area (Å²) >= 11 is 0. The van der Waals surface area contributed by atoms with Crippen molar-refractivity contribution in [2.75, 3.05) is 24.7 Å². The summed E-state index contributed by atoms with van der Waals surface area (Å²) in [7, 11) is 0. The zero-order valence-corrected chi connectivity index (χ0v) is 24.5. The molecule has 2 aromatic rings. The smallest absolute Gasteiger partial charge is 0.416 e. The Hall–Kier alpha value is -3.69. The predicted molar refractivity (Wildman–Crippen MR) is 158 cm³/mol. The Balaban J connectivity index is 1.53. The molecule has 3 atom stereocenters.